The van der Waals surface area contributed by atoms with Crippen LogP contribution in [0.25, 0.3) is 6.08 Å². The largest absolute Gasteiger partial charge is 0.493 e. The monoisotopic (exact) mass is 494 g/mol. The van der Waals surface area contributed by atoms with Gasteiger partial charge in [0.05, 0.1) is 12.8 Å². The third-order valence-electron chi connectivity index (χ3n) is 5.24. The number of carbonyl (C=O) groups excluding carboxylic acids is 1. The first kappa shape index (κ1) is 23.5. The lowest BCUT2D eigenvalue weighted by Crippen LogP contribution is -2.30. The molecule has 3 aromatic rings. The Morgan fingerprint density at radius 3 is 2.35 bits per heavy atom. The number of hydrogen-bond acceptors (Lipinski definition) is 6. The molecule has 1 fully saturated rings. The first-order valence-corrected chi connectivity index (χ1v) is 12.1. The number of rotatable bonds is 6. The second kappa shape index (κ2) is 9.28. The molecular formula is C25H22N2O5S2. The van der Waals surface area contributed by atoms with Gasteiger partial charge >= 0.3 is 10.1 Å². The van der Waals surface area contributed by atoms with Crippen LogP contribution in [0.4, 0.5) is 5.69 Å². The highest BCUT2D eigenvalue weighted by Gasteiger charge is 2.32. The Morgan fingerprint density at radius 2 is 1.68 bits per heavy atom. The van der Waals surface area contributed by atoms with Crippen LogP contribution in [0.5, 0.6) is 11.5 Å². The van der Waals surface area contributed by atoms with E-state index < -0.39 is 10.1 Å². The summed E-state index contributed by atoms with van der Waals surface area (Å²) >= 11 is 5.38. The van der Waals surface area contributed by atoms with Crippen LogP contribution in [-0.4, -0.2) is 26.5 Å². The second-order valence-corrected chi connectivity index (χ2v) is 9.61. The van der Waals surface area contributed by atoms with Crippen molar-refractivity contribution in [2.45, 2.75) is 18.7 Å². The standard InChI is InChI=1S/C25H22N2O5S2/c1-16-8-11-19(12-9-16)34(29,30)32-22-13-10-18(15-23(22)31-3)14-20-24(28)27(25(33)26-20)21-7-5-4-6-17(21)2/h4-15H,1-3H3,(H,26,33)/b20-14-. The van der Waals surface area contributed by atoms with Crippen molar-refractivity contribution < 1.29 is 22.1 Å². The third kappa shape index (κ3) is 4.66. The minimum atomic E-state index is -4.04. The average molecular weight is 495 g/mol. The zero-order valence-corrected chi connectivity index (χ0v) is 20.4. The van der Waals surface area contributed by atoms with Crippen LogP contribution in [0.15, 0.2) is 77.3 Å². The number of carbonyl (C=O) groups is 1. The van der Waals surface area contributed by atoms with Crippen molar-refractivity contribution in [1.29, 1.82) is 0 Å². The number of methoxy groups -OCH3 is 1. The fourth-order valence-corrected chi connectivity index (χ4v) is 4.68. The fourth-order valence-electron chi connectivity index (χ4n) is 3.45. The maximum Gasteiger partial charge on any atom is 0.339 e. The van der Waals surface area contributed by atoms with Crippen LogP contribution in [0.3, 0.4) is 0 Å². The zero-order valence-electron chi connectivity index (χ0n) is 18.7. The van der Waals surface area contributed by atoms with Gasteiger partial charge in [0, 0.05) is 0 Å². The van der Waals surface area contributed by atoms with E-state index in [1.54, 1.807) is 30.3 Å². The van der Waals surface area contributed by atoms with Gasteiger partial charge in [0.1, 0.15) is 10.6 Å². The van der Waals surface area contributed by atoms with Crippen LogP contribution in [-0.2, 0) is 14.9 Å². The predicted octanol–water partition coefficient (Wildman–Crippen LogP) is 4.34. The first-order chi connectivity index (χ1) is 16.2. The number of aryl methyl sites for hydroxylation is 2. The summed E-state index contributed by atoms with van der Waals surface area (Å²) in [6.07, 6.45) is 1.62. The summed E-state index contributed by atoms with van der Waals surface area (Å²) in [6.45, 7) is 3.77. The third-order valence-corrected chi connectivity index (χ3v) is 6.78. The number of benzene rings is 3. The Bertz CT molecular complexity index is 1410. The van der Waals surface area contributed by atoms with Crippen LogP contribution in [0.2, 0.25) is 0 Å². The Hall–Kier alpha value is -3.69. The topological polar surface area (TPSA) is 84.9 Å². The molecule has 1 N–H and O–H groups in total. The first-order valence-electron chi connectivity index (χ1n) is 10.3. The Kier molecular flexibility index (Phi) is 6.41. The molecule has 1 saturated heterocycles. The molecular weight excluding hydrogens is 472 g/mol. The molecule has 0 aromatic heterocycles. The highest BCUT2D eigenvalue weighted by atomic mass is 32.2. The molecule has 1 amide bonds. The number of amides is 1. The number of hydrogen-bond donors (Lipinski definition) is 1. The molecule has 1 aliphatic rings. The van der Waals surface area contributed by atoms with Crippen molar-refractivity contribution in [1.82, 2.24) is 5.32 Å². The van der Waals surface area contributed by atoms with Gasteiger partial charge in [-0.3, -0.25) is 9.69 Å². The fraction of sp³-hybridized carbons (Fsp3) is 0.120. The summed E-state index contributed by atoms with van der Waals surface area (Å²) in [5.41, 5.74) is 3.44. The van der Waals surface area contributed by atoms with Gasteiger partial charge in [-0.05, 0) is 73.6 Å². The number of thiocarbonyl (C=S) groups is 1. The molecule has 1 heterocycles. The summed E-state index contributed by atoms with van der Waals surface area (Å²) in [7, 11) is -2.63. The molecule has 0 aliphatic carbocycles. The summed E-state index contributed by atoms with van der Waals surface area (Å²) in [4.78, 5) is 14.5. The van der Waals surface area contributed by atoms with Gasteiger partial charge in [-0.2, -0.15) is 8.42 Å². The van der Waals surface area contributed by atoms with Crippen molar-refractivity contribution in [3.05, 3.63) is 89.1 Å². The van der Waals surface area contributed by atoms with Gasteiger partial charge in [0.15, 0.2) is 16.6 Å². The highest BCUT2D eigenvalue weighted by Crippen LogP contribution is 2.32. The molecule has 0 unspecified atom stereocenters. The van der Waals surface area contributed by atoms with Gasteiger partial charge in [0.2, 0.25) is 0 Å². The van der Waals surface area contributed by atoms with Crippen molar-refractivity contribution in [2.75, 3.05) is 12.0 Å². The van der Waals surface area contributed by atoms with Crippen molar-refractivity contribution >= 4 is 45.1 Å². The summed E-state index contributed by atoms with van der Waals surface area (Å²) in [6, 6.07) is 18.5. The van der Waals surface area contributed by atoms with E-state index in [-0.39, 0.29) is 33.1 Å². The molecule has 0 radical (unpaired) electrons. The molecule has 7 nitrogen and oxygen atoms in total. The van der Waals surface area contributed by atoms with E-state index in [2.05, 4.69) is 5.32 Å². The molecule has 1 aliphatic heterocycles. The normalized spacial score (nSPS) is 14.9. The molecule has 4 rings (SSSR count). The van der Waals surface area contributed by atoms with Crippen molar-refractivity contribution in [3.8, 4) is 11.5 Å². The molecule has 34 heavy (non-hydrogen) atoms. The van der Waals surface area contributed by atoms with E-state index in [9.17, 15) is 13.2 Å². The lowest BCUT2D eigenvalue weighted by Gasteiger charge is -2.16. The van der Waals surface area contributed by atoms with Crippen LogP contribution in [0, 0.1) is 13.8 Å². The van der Waals surface area contributed by atoms with Crippen LogP contribution >= 0.6 is 12.2 Å². The molecule has 0 spiro atoms. The lowest BCUT2D eigenvalue weighted by molar-refractivity contribution is -0.113. The van der Waals surface area contributed by atoms with Gasteiger partial charge in [-0.25, -0.2) is 0 Å². The molecule has 174 valence electrons. The SMILES string of the molecule is COc1cc(/C=C2\NC(=S)N(c3ccccc3C)C2=O)ccc1OS(=O)(=O)c1ccc(C)cc1. The van der Waals surface area contributed by atoms with Gasteiger partial charge in [-0.1, -0.05) is 42.0 Å². The van der Waals surface area contributed by atoms with Crippen LogP contribution in [0.1, 0.15) is 16.7 Å². The number of ether oxygens (including phenoxy) is 1. The highest BCUT2D eigenvalue weighted by molar-refractivity contribution is 7.87. The average Bonchev–Trinajstić information content (AvgIpc) is 3.08. The van der Waals surface area contributed by atoms with E-state index in [1.807, 2.05) is 38.1 Å². The maximum atomic E-state index is 13.0. The summed E-state index contributed by atoms with van der Waals surface area (Å²) in [5, 5.41) is 3.22. The Labute approximate surface area is 203 Å². The van der Waals surface area contributed by atoms with E-state index in [1.165, 1.54) is 30.2 Å². The van der Waals surface area contributed by atoms with E-state index in [4.69, 9.17) is 21.1 Å². The summed E-state index contributed by atoms with van der Waals surface area (Å²) in [5.74, 6) is -0.0534. The number of nitrogens with zero attached hydrogens (tertiary/aromatic N) is 1. The van der Waals surface area contributed by atoms with Gasteiger partial charge in [-0.15, -0.1) is 0 Å². The second-order valence-electron chi connectivity index (χ2n) is 7.68. The maximum absolute atomic E-state index is 13.0. The number of nitrogens with one attached hydrogen (secondary N) is 1. The molecule has 3 aromatic carbocycles. The molecule has 0 atom stereocenters. The van der Waals surface area contributed by atoms with E-state index >= 15 is 0 Å². The summed E-state index contributed by atoms with van der Waals surface area (Å²) < 4.78 is 36.0. The van der Waals surface area contributed by atoms with Crippen LogP contribution < -0.4 is 19.1 Å². The Balaban J connectivity index is 1.61. The Morgan fingerprint density at radius 1 is 0.971 bits per heavy atom. The van der Waals surface area contributed by atoms with Gasteiger partial charge in [0.25, 0.3) is 5.91 Å². The minimum Gasteiger partial charge on any atom is -0.493 e. The molecule has 0 saturated carbocycles. The molecule has 0 bridgehead atoms. The van der Waals surface area contributed by atoms with Crippen molar-refractivity contribution in [3.63, 3.8) is 0 Å². The number of anilines is 1. The smallest absolute Gasteiger partial charge is 0.339 e. The minimum absolute atomic E-state index is 0.0352. The van der Waals surface area contributed by atoms with E-state index in [0.717, 1.165) is 11.1 Å². The van der Waals surface area contributed by atoms with Gasteiger partial charge < -0.3 is 14.2 Å². The van der Waals surface area contributed by atoms with Crippen molar-refractivity contribution in [2.24, 2.45) is 0 Å². The zero-order chi connectivity index (χ0) is 24.5. The lowest BCUT2D eigenvalue weighted by atomic mass is 10.1. The predicted molar refractivity (Wildman–Crippen MR) is 134 cm³/mol. The molecule has 9 heteroatoms. The van der Waals surface area contributed by atoms with E-state index in [0.29, 0.717) is 11.3 Å². The number of para-hydroxylation sites is 1. The quantitative estimate of drug-likeness (QED) is 0.310.